The van der Waals surface area contributed by atoms with Gasteiger partial charge < -0.3 is 9.47 Å². The van der Waals surface area contributed by atoms with Crippen LogP contribution in [0.4, 0.5) is 0 Å². The van der Waals surface area contributed by atoms with Crippen molar-refractivity contribution in [2.75, 3.05) is 13.7 Å². The van der Waals surface area contributed by atoms with Crippen molar-refractivity contribution in [1.82, 2.24) is 14.6 Å². The van der Waals surface area contributed by atoms with Gasteiger partial charge in [0.25, 0.3) is 0 Å². The van der Waals surface area contributed by atoms with Gasteiger partial charge in [-0.2, -0.15) is 0 Å². The van der Waals surface area contributed by atoms with Crippen LogP contribution in [0.15, 0.2) is 18.3 Å². The molecule has 0 amide bonds. The van der Waals surface area contributed by atoms with E-state index in [0.717, 1.165) is 36.7 Å². The van der Waals surface area contributed by atoms with Crippen LogP contribution < -0.4 is 4.74 Å². The first kappa shape index (κ1) is 10.5. The van der Waals surface area contributed by atoms with E-state index in [4.69, 9.17) is 9.47 Å². The highest BCUT2D eigenvalue weighted by Crippen LogP contribution is 2.28. The van der Waals surface area contributed by atoms with Crippen LogP contribution in [-0.4, -0.2) is 28.3 Å². The van der Waals surface area contributed by atoms with Gasteiger partial charge in [0.1, 0.15) is 6.10 Å². The predicted octanol–water partition coefficient (Wildman–Crippen LogP) is 1.98. The first-order chi connectivity index (χ1) is 8.40. The molecule has 1 unspecified atom stereocenters. The first-order valence-corrected chi connectivity index (χ1v) is 5.89. The molecule has 0 aromatic carbocycles. The molecule has 17 heavy (non-hydrogen) atoms. The predicted molar refractivity (Wildman–Crippen MR) is 62.1 cm³/mol. The van der Waals surface area contributed by atoms with E-state index in [9.17, 15) is 0 Å². The maximum atomic E-state index is 5.74. The van der Waals surface area contributed by atoms with Crippen LogP contribution in [0.1, 0.15) is 31.2 Å². The largest absolute Gasteiger partial charge is 0.493 e. The number of ether oxygens (including phenoxy) is 2. The van der Waals surface area contributed by atoms with Crippen LogP contribution in [0.2, 0.25) is 0 Å². The Labute approximate surface area is 99.4 Å². The van der Waals surface area contributed by atoms with E-state index in [1.54, 1.807) is 7.11 Å². The number of rotatable bonds is 2. The molecular formula is C12H15N3O2. The van der Waals surface area contributed by atoms with Gasteiger partial charge in [-0.15, -0.1) is 10.2 Å². The summed E-state index contributed by atoms with van der Waals surface area (Å²) in [6.45, 7) is 0.809. The minimum atomic E-state index is 0.0610. The van der Waals surface area contributed by atoms with E-state index in [2.05, 4.69) is 10.2 Å². The average Bonchev–Trinajstić information content (AvgIpc) is 2.83. The monoisotopic (exact) mass is 233 g/mol. The van der Waals surface area contributed by atoms with Gasteiger partial charge in [-0.3, -0.25) is 4.40 Å². The number of hydrogen-bond acceptors (Lipinski definition) is 4. The summed E-state index contributed by atoms with van der Waals surface area (Å²) in [4.78, 5) is 0. The van der Waals surface area contributed by atoms with E-state index in [1.807, 2.05) is 22.7 Å². The van der Waals surface area contributed by atoms with Gasteiger partial charge in [-0.05, 0) is 31.4 Å². The Morgan fingerprint density at radius 1 is 1.41 bits per heavy atom. The van der Waals surface area contributed by atoms with Crippen molar-refractivity contribution in [3.8, 4) is 5.75 Å². The molecule has 90 valence electrons. The zero-order chi connectivity index (χ0) is 11.7. The van der Waals surface area contributed by atoms with Crippen molar-refractivity contribution in [1.29, 1.82) is 0 Å². The molecular weight excluding hydrogens is 218 g/mol. The Morgan fingerprint density at radius 3 is 3.12 bits per heavy atom. The molecule has 1 aliphatic rings. The standard InChI is InChI=1S/C12H15N3O2/c1-16-9-6-4-7-15-11(9)13-14-12(15)10-5-2-3-8-17-10/h4,6-7,10H,2-3,5,8H2,1H3. The fourth-order valence-electron chi connectivity index (χ4n) is 2.23. The van der Waals surface area contributed by atoms with Crippen molar-refractivity contribution >= 4 is 5.65 Å². The lowest BCUT2D eigenvalue weighted by Crippen LogP contribution is -2.14. The highest BCUT2D eigenvalue weighted by Gasteiger charge is 2.22. The van der Waals surface area contributed by atoms with Gasteiger partial charge in [0.15, 0.2) is 11.6 Å². The van der Waals surface area contributed by atoms with Crippen LogP contribution >= 0.6 is 0 Å². The number of methoxy groups -OCH3 is 1. The molecule has 2 aromatic heterocycles. The Balaban J connectivity index is 2.05. The van der Waals surface area contributed by atoms with Crippen LogP contribution in [0.3, 0.4) is 0 Å². The fraction of sp³-hybridized carbons (Fsp3) is 0.500. The molecule has 5 nitrogen and oxygen atoms in total. The number of aromatic nitrogens is 3. The molecule has 0 aliphatic carbocycles. The zero-order valence-electron chi connectivity index (χ0n) is 9.80. The average molecular weight is 233 g/mol. The normalized spacial score (nSPS) is 20.6. The lowest BCUT2D eigenvalue weighted by molar-refractivity contribution is 0.00885. The lowest BCUT2D eigenvalue weighted by atomic mass is 10.1. The molecule has 1 atom stereocenters. The Morgan fingerprint density at radius 2 is 2.35 bits per heavy atom. The van der Waals surface area contributed by atoms with Gasteiger partial charge in [0.05, 0.1) is 7.11 Å². The SMILES string of the molecule is COc1cccn2c(C3CCCCO3)nnc12. The zero-order valence-corrected chi connectivity index (χ0v) is 9.80. The second kappa shape index (κ2) is 4.33. The first-order valence-electron chi connectivity index (χ1n) is 5.89. The minimum absolute atomic E-state index is 0.0610. The molecule has 1 aliphatic heterocycles. The van der Waals surface area contributed by atoms with Crippen molar-refractivity contribution in [2.24, 2.45) is 0 Å². The van der Waals surface area contributed by atoms with Crippen molar-refractivity contribution in [3.63, 3.8) is 0 Å². The number of fused-ring (bicyclic) bond motifs is 1. The molecule has 1 saturated heterocycles. The van der Waals surface area contributed by atoms with E-state index < -0.39 is 0 Å². The molecule has 3 heterocycles. The van der Waals surface area contributed by atoms with Crippen LogP contribution in [-0.2, 0) is 4.74 Å². The molecule has 0 radical (unpaired) electrons. The van der Waals surface area contributed by atoms with Gasteiger partial charge in [0, 0.05) is 12.8 Å². The lowest BCUT2D eigenvalue weighted by Gasteiger charge is -2.20. The summed E-state index contributed by atoms with van der Waals surface area (Å²) >= 11 is 0. The van der Waals surface area contributed by atoms with Crippen LogP contribution in [0, 0.1) is 0 Å². The molecule has 0 spiro atoms. The summed E-state index contributed by atoms with van der Waals surface area (Å²) in [5, 5.41) is 8.41. The quantitative estimate of drug-likeness (QED) is 0.795. The van der Waals surface area contributed by atoms with E-state index >= 15 is 0 Å². The molecule has 2 aromatic rings. The van der Waals surface area contributed by atoms with Crippen LogP contribution in [0.5, 0.6) is 5.75 Å². The summed E-state index contributed by atoms with van der Waals surface area (Å²) in [7, 11) is 1.64. The third-order valence-corrected chi connectivity index (χ3v) is 3.11. The third kappa shape index (κ3) is 1.76. The highest BCUT2D eigenvalue weighted by atomic mass is 16.5. The summed E-state index contributed by atoms with van der Waals surface area (Å²) in [6.07, 6.45) is 5.34. The summed E-state index contributed by atoms with van der Waals surface area (Å²) in [5.41, 5.74) is 0.749. The number of pyridine rings is 1. The minimum Gasteiger partial charge on any atom is -0.493 e. The number of nitrogens with zero attached hydrogens (tertiary/aromatic N) is 3. The van der Waals surface area contributed by atoms with Gasteiger partial charge >= 0.3 is 0 Å². The molecule has 1 fully saturated rings. The molecule has 0 bridgehead atoms. The second-order valence-electron chi connectivity index (χ2n) is 4.18. The topological polar surface area (TPSA) is 48.7 Å². The van der Waals surface area contributed by atoms with Crippen molar-refractivity contribution in [3.05, 3.63) is 24.2 Å². The maximum Gasteiger partial charge on any atom is 0.203 e. The Kier molecular flexibility index (Phi) is 2.68. The van der Waals surface area contributed by atoms with Gasteiger partial charge in [-0.1, -0.05) is 0 Å². The highest BCUT2D eigenvalue weighted by molar-refractivity contribution is 5.53. The van der Waals surface area contributed by atoms with E-state index in [-0.39, 0.29) is 6.10 Å². The smallest absolute Gasteiger partial charge is 0.203 e. The van der Waals surface area contributed by atoms with E-state index in [1.165, 1.54) is 6.42 Å². The van der Waals surface area contributed by atoms with Crippen LogP contribution in [0.25, 0.3) is 5.65 Å². The fourth-order valence-corrected chi connectivity index (χ4v) is 2.23. The molecule has 5 heteroatoms. The van der Waals surface area contributed by atoms with Gasteiger partial charge in [-0.25, -0.2) is 0 Å². The Bertz CT molecular complexity index is 517. The maximum absolute atomic E-state index is 5.74. The van der Waals surface area contributed by atoms with Crippen molar-refractivity contribution < 1.29 is 9.47 Å². The van der Waals surface area contributed by atoms with Crippen molar-refractivity contribution in [2.45, 2.75) is 25.4 Å². The third-order valence-electron chi connectivity index (χ3n) is 3.11. The molecule has 0 saturated carbocycles. The number of hydrogen-bond donors (Lipinski definition) is 0. The molecule has 3 rings (SSSR count). The molecule has 0 N–H and O–H groups in total. The Hall–Kier alpha value is -1.62. The second-order valence-corrected chi connectivity index (χ2v) is 4.18. The summed E-state index contributed by atoms with van der Waals surface area (Å²) in [5.74, 6) is 1.61. The summed E-state index contributed by atoms with van der Waals surface area (Å²) < 4.78 is 13.0. The van der Waals surface area contributed by atoms with Gasteiger partial charge in [0.2, 0.25) is 5.65 Å². The van der Waals surface area contributed by atoms with E-state index in [0.29, 0.717) is 0 Å². The summed E-state index contributed by atoms with van der Waals surface area (Å²) in [6, 6.07) is 3.82.